The molecule has 0 radical (unpaired) electrons. The lowest BCUT2D eigenvalue weighted by Crippen LogP contribution is -1.97. The summed E-state index contributed by atoms with van der Waals surface area (Å²) in [5.41, 5.74) is 1.60. The molecule has 0 bridgehead atoms. The summed E-state index contributed by atoms with van der Waals surface area (Å²) in [6.45, 7) is 1.78. The molecule has 6 nitrogen and oxygen atoms in total. The van der Waals surface area contributed by atoms with Crippen molar-refractivity contribution in [3.63, 3.8) is 0 Å². The molecule has 1 heterocycles. The summed E-state index contributed by atoms with van der Waals surface area (Å²) in [5, 5.41) is 14.7. The zero-order chi connectivity index (χ0) is 18.5. The van der Waals surface area contributed by atoms with Crippen LogP contribution in [-0.4, -0.2) is 10.1 Å². The fourth-order valence-electron chi connectivity index (χ4n) is 2.37. The van der Waals surface area contributed by atoms with E-state index in [2.05, 4.69) is 5.16 Å². The molecule has 2 aromatic carbocycles. The van der Waals surface area contributed by atoms with Crippen molar-refractivity contribution < 1.29 is 18.6 Å². The standard InChI is InChI=1S/C19H15FN2O4/c1-13-19(22(23)24)18(26-21-13)11-8-15-4-2-3-5-17(15)25-12-14-6-9-16(20)10-7-14/h2-11H,12H2,1H3. The van der Waals surface area contributed by atoms with Gasteiger partial charge in [-0.15, -0.1) is 0 Å². The molecule has 0 aliphatic carbocycles. The number of aryl methyl sites for hydroxylation is 1. The lowest BCUT2D eigenvalue weighted by Gasteiger charge is -2.09. The van der Waals surface area contributed by atoms with Gasteiger partial charge in [-0.1, -0.05) is 35.5 Å². The van der Waals surface area contributed by atoms with Crippen molar-refractivity contribution in [2.75, 3.05) is 0 Å². The van der Waals surface area contributed by atoms with E-state index in [1.165, 1.54) is 25.1 Å². The smallest absolute Gasteiger partial charge is 0.338 e. The van der Waals surface area contributed by atoms with Crippen molar-refractivity contribution in [2.24, 2.45) is 0 Å². The van der Waals surface area contributed by atoms with E-state index in [0.717, 1.165) is 11.1 Å². The normalized spacial score (nSPS) is 11.0. The predicted molar refractivity (Wildman–Crippen MR) is 94.0 cm³/mol. The zero-order valence-electron chi connectivity index (χ0n) is 13.9. The Kier molecular flexibility index (Phi) is 5.07. The van der Waals surface area contributed by atoms with Gasteiger partial charge in [0.05, 0.1) is 4.92 Å². The number of hydrogen-bond donors (Lipinski definition) is 0. The minimum Gasteiger partial charge on any atom is -0.488 e. The monoisotopic (exact) mass is 354 g/mol. The molecule has 1 aromatic heterocycles. The molecule has 0 saturated carbocycles. The van der Waals surface area contributed by atoms with Crippen molar-refractivity contribution in [3.05, 3.63) is 87.0 Å². The summed E-state index contributed by atoms with van der Waals surface area (Å²) in [4.78, 5) is 10.6. The van der Waals surface area contributed by atoms with Gasteiger partial charge in [-0.2, -0.15) is 0 Å². The quantitative estimate of drug-likeness (QED) is 0.470. The topological polar surface area (TPSA) is 78.4 Å². The Hall–Kier alpha value is -3.48. The first kappa shape index (κ1) is 17.3. The first-order valence-electron chi connectivity index (χ1n) is 7.79. The number of rotatable bonds is 6. The van der Waals surface area contributed by atoms with Crippen LogP contribution in [0.15, 0.2) is 53.1 Å². The van der Waals surface area contributed by atoms with E-state index >= 15 is 0 Å². The minimum atomic E-state index is -0.525. The molecule has 0 spiro atoms. The Morgan fingerprint density at radius 1 is 1.19 bits per heavy atom. The van der Waals surface area contributed by atoms with E-state index in [4.69, 9.17) is 9.26 Å². The lowest BCUT2D eigenvalue weighted by molar-refractivity contribution is -0.386. The Morgan fingerprint density at radius 2 is 1.92 bits per heavy atom. The molecule has 26 heavy (non-hydrogen) atoms. The van der Waals surface area contributed by atoms with Crippen LogP contribution in [0, 0.1) is 22.9 Å². The van der Waals surface area contributed by atoms with Gasteiger partial charge >= 0.3 is 5.69 Å². The maximum absolute atomic E-state index is 13.0. The highest BCUT2D eigenvalue weighted by Gasteiger charge is 2.21. The van der Waals surface area contributed by atoms with Crippen LogP contribution in [0.3, 0.4) is 0 Å². The zero-order valence-corrected chi connectivity index (χ0v) is 13.9. The molecular formula is C19H15FN2O4. The van der Waals surface area contributed by atoms with Crippen LogP contribution < -0.4 is 4.74 Å². The number of hydrogen-bond acceptors (Lipinski definition) is 5. The summed E-state index contributed by atoms with van der Waals surface area (Å²) < 4.78 is 23.7. The molecule has 132 valence electrons. The molecule has 0 fully saturated rings. The molecule has 0 saturated heterocycles. The third-order valence-electron chi connectivity index (χ3n) is 3.68. The highest BCUT2D eigenvalue weighted by Crippen LogP contribution is 2.27. The van der Waals surface area contributed by atoms with Gasteiger partial charge in [-0.05, 0) is 42.8 Å². The molecule has 0 unspecified atom stereocenters. The van der Waals surface area contributed by atoms with Gasteiger partial charge in [0, 0.05) is 5.56 Å². The third kappa shape index (κ3) is 3.94. The second-order valence-electron chi connectivity index (χ2n) is 5.52. The average Bonchev–Trinajstić information content (AvgIpc) is 3.01. The van der Waals surface area contributed by atoms with Crippen LogP contribution in [0.25, 0.3) is 12.2 Å². The predicted octanol–water partition coefficient (Wildman–Crippen LogP) is 4.78. The number of halogens is 1. The Balaban J connectivity index is 1.79. The molecule has 0 aliphatic heterocycles. The molecule has 0 atom stereocenters. The van der Waals surface area contributed by atoms with Crippen molar-refractivity contribution in [1.29, 1.82) is 0 Å². The van der Waals surface area contributed by atoms with E-state index in [0.29, 0.717) is 5.75 Å². The Labute approximate surface area is 148 Å². The summed E-state index contributed by atoms with van der Waals surface area (Å²) in [6, 6.07) is 13.3. The van der Waals surface area contributed by atoms with E-state index in [9.17, 15) is 14.5 Å². The van der Waals surface area contributed by atoms with E-state index in [1.807, 2.05) is 18.2 Å². The van der Waals surface area contributed by atoms with Gasteiger partial charge in [0.15, 0.2) is 5.69 Å². The SMILES string of the molecule is Cc1noc(C=Cc2ccccc2OCc2ccc(F)cc2)c1[N+](=O)[O-]. The van der Waals surface area contributed by atoms with Crippen molar-refractivity contribution in [2.45, 2.75) is 13.5 Å². The largest absolute Gasteiger partial charge is 0.488 e. The van der Waals surface area contributed by atoms with Crippen molar-refractivity contribution in [1.82, 2.24) is 5.16 Å². The van der Waals surface area contributed by atoms with Crippen LogP contribution >= 0.6 is 0 Å². The van der Waals surface area contributed by atoms with Gasteiger partial charge in [0.1, 0.15) is 18.2 Å². The van der Waals surface area contributed by atoms with Gasteiger partial charge in [0.2, 0.25) is 5.76 Å². The first-order chi connectivity index (χ1) is 12.5. The number of nitrogens with zero attached hydrogens (tertiary/aromatic N) is 2. The number of benzene rings is 2. The third-order valence-corrected chi connectivity index (χ3v) is 3.68. The Bertz CT molecular complexity index is 948. The molecule has 3 rings (SSSR count). The molecule has 0 N–H and O–H groups in total. The number of ether oxygens (including phenoxy) is 1. The number of nitro groups is 1. The highest BCUT2D eigenvalue weighted by atomic mass is 19.1. The van der Waals surface area contributed by atoms with Crippen LogP contribution in [0.2, 0.25) is 0 Å². The van der Waals surface area contributed by atoms with E-state index in [1.54, 1.807) is 24.3 Å². The van der Waals surface area contributed by atoms with Crippen LogP contribution in [-0.2, 0) is 6.61 Å². The van der Waals surface area contributed by atoms with Gasteiger partial charge in [0.25, 0.3) is 0 Å². The minimum absolute atomic E-state index is 0.0702. The fourth-order valence-corrected chi connectivity index (χ4v) is 2.37. The number of aromatic nitrogens is 1. The molecule has 3 aromatic rings. The van der Waals surface area contributed by atoms with E-state index < -0.39 is 4.92 Å². The second kappa shape index (κ2) is 7.60. The maximum atomic E-state index is 13.0. The fraction of sp³-hybridized carbons (Fsp3) is 0.105. The molecule has 7 heteroatoms. The lowest BCUT2D eigenvalue weighted by atomic mass is 10.1. The first-order valence-corrected chi connectivity index (χ1v) is 7.79. The van der Waals surface area contributed by atoms with Gasteiger partial charge in [-0.3, -0.25) is 10.1 Å². The average molecular weight is 354 g/mol. The van der Waals surface area contributed by atoms with Crippen LogP contribution in [0.4, 0.5) is 10.1 Å². The van der Waals surface area contributed by atoms with E-state index in [-0.39, 0.29) is 29.6 Å². The molecule has 0 amide bonds. The maximum Gasteiger partial charge on any atom is 0.338 e. The highest BCUT2D eigenvalue weighted by molar-refractivity contribution is 5.74. The summed E-state index contributed by atoms with van der Waals surface area (Å²) in [7, 11) is 0. The Morgan fingerprint density at radius 3 is 2.65 bits per heavy atom. The van der Waals surface area contributed by atoms with Crippen molar-refractivity contribution >= 4 is 17.8 Å². The second-order valence-corrected chi connectivity index (χ2v) is 5.52. The molecular weight excluding hydrogens is 339 g/mol. The van der Waals surface area contributed by atoms with Crippen LogP contribution in [0.1, 0.15) is 22.6 Å². The van der Waals surface area contributed by atoms with Gasteiger partial charge < -0.3 is 9.26 Å². The molecule has 0 aliphatic rings. The summed E-state index contributed by atoms with van der Waals surface area (Å²) >= 11 is 0. The van der Waals surface area contributed by atoms with Gasteiger partial charge in [-0.25, -0.2) is 4.39 Å². The van der Waals surface area contributed by atoms with Crippen LogP contribution in [0.5, 0.6) is 5.75 Å². The summed E-state index contributed by atoms with van der Waals surface area (Å²) in [5.74, 6) is 0.355. The number of para-hydroxylation sites is 1. The summed E-state index contributed by atoms with van der Waals surface area (Å²) in [6.07, 6.45) is 3.14. The van der Waals surface area contributed by atoms with Crippen molar-refractivity contribution in [3.8, 4) is 5.75 Å².